The van der Waals surface area contributed by atoms with Crippen LogP contribution in [0.1, 0.15) is 32.3 Å². The number of aliphatic carboxylic acids is 1. The number of amides is 1. The van der Waals surface area contributed by atoms with Gasteiger partial charge >= 0.3 is 0 Å². The highest BCUT2D eigenvalue weighted by Gasteiger charge is 2.31. The monoisotopic (exact) mass is 394 g/mol. The summed E-state index contributed by atoms with van der Waals surface area (Å²) >= 11 is 6.32. The molecule has 1 aromatic rings. The summed E-state index contributed by atoms with van der Waals surface area (Å²) in [6.07, 6.45) is 2.35. The van der Waals surface area contributed by atoms with E-state index in [2.05, 4.69) is 0 Å². The molecule has 6 nitrogen and oxygen atoms in total. The molecule has 1 aliphatic heterocycles. The van der Waals surface area contributed by atoms with Gasteiger partial charge in [0.05, 0.1) is 18.1 Å². The summed E-state index contributed by atoms with van der Waals surface area (Å²) < 4.78 is 11.6. The van der Waals surface area contributed by atoms with Crippen molar-refractivity contribution in [3.8, 4) is 11.5 Å². The maximum atomic E-state index is 12.4. The highest BCUT2D eigenvalue weighted by Crippen LogP contribution is 2.35. The predicted molar refractivity (Wildman–Crippen MR) is 103 cm³/mol. The second-order valence-corrected chi connectivity index (χ2v) is 7.12. The average Bonchev–Trinajstić information content (AvgIpc) is 2.86. The number of carboxylic acid groups (broad SMARTS) is 1. The first-order chi connectivity index (χ1) is 12.5. The Morgan fingerprint density at radius 3 is 2.73 bits per heavy atom. The van der Waals surface area contributed by atoms with E-state index in [1.54, 1.807) is 6.08 Å². The summed E-state index contributed by atoms with van der Waals surface area (Å²) in [4.78, 5) is 24.8. The van der Waals surface area contributed by atoms with E-state index in [9.17, 15) is 14.7 Å². The molecule has 140 valence electrons. The summed E-state index contributed by atoms with van der Waals surface area (Å²) in [7, 11) is 0. The van der Waals surface area contributed by atoms with Gasteiger partial charge in [-0.2, -0.15) is 0 Å². The molecule has 0 bridgehead atoms. The first-order valence-corrected chi connectivity index (χ1v) is 9.53. The van der Waals surface area contributed by atoms with Crippen molar-refractivity contribution in [3.05, 3.63) is 28.7 Å². The molecule has 0 unspecified atom stereocenters. The maximum absolute atomic E-state index is 12.4. The van der Waals surface area contributed by atoms with Crippen molar-refractivity contribution in [3.63, 3.8) is 0 Å². The van der Waals surface area contributed by atoms with Crippen LogP contribution in [-0.2, 0) is 9.59 Å². The Morgan fingerprint density at radius 1 is 1.31 bits per heavy atom. The first-order valence-electron chi connectivity index (χ1n) is 8.31. The third-order valence-corrected chi connectivity index (χ3v) is 4.82. The van der Waals surface area contributed by atoms with Crippen LogP contribution in [0.5, 0.6) is 11.5 Å². The van der Waals surface area contributed by atoms with Crippen molar-refractivity contribution in [2.75, 3.05) is 19.8 Å². The molecular formula is C18H20NO5S2-. The minimum atomic E-state index is -1.22. The van der Waals surface area contributed by atoms with Crippen molar-refractivity contribution in [2.24, 2.45) is 0 Å². The van der Waals surface area contributed by atoms with Gasteiger partial charge < -0.3 is 19.4 Å². The van der Waals surface area contributed by atoms with Crippen molar-refractivity contribution in [1.29, 1.82) is 0 Å². The van der Waals surface area contributed by atoms with E-state index < -0.39 is 5.97 Å². The molecule has 1 heterocycles. The van der Waals surface area contributed by atoms with Crippen LogP contribution in [0.2, 0.25) is 0 Å². The molecule has 1 fully saturated rings. The topological polar surface area (TPSA) is 78.9 Å². The largest absolute Gasteiger partial charge is 0.550 e. The molecule has 1 amide bonds. The van der Waals surface area contributed by atoms with Gasteiger partial charge in [-0.15, -0.1) is 0 Å². The SMILES string of the molecule is CCCOc1ccc(/C=C2/SC(=S)N(CCC(=O)[O-])C2=O)cc1OCC. The lowest BCUT2D eigenvalue weighted by Gasteiger charge is -2.14. The summed E-state index contributed by atoms with van der Waals surface area (Å²) in [5, 5.41) is 10.6. The lowest BCUT2D eigenvalue weighted by atomic mass is 10.2. The number of hydrogen-bond donors (Lipinski definition) is 0. The van der Waals surface area contributed by atoms with E-state index in [0.717, 1.165) is 23.7 Å². The van der Waals surface area contributed by atoms with Crippen LogP contribution in [0.3, 0.4) is 0 Å². The molecule has 0 saturated carbocycles. The normalized spacial score (nSPS) is 15.6. The molecule has 0 radical (unpaired) electrons. The summed E-state index contributed by atoms with van der Waals surface area (Å²) in [5.74, 6) is -0.243. The molecule has 1 aromatic carbocycles. The lowest BCUT2D eigenvalue weighted by Crippen LogP contribution is -2.33. The van der Waals surface area contributed by atoms with Crippen LogP contribution >= 0.6 is 24.0 Å². The fourth-order valence-electron chi connectivity index (χ4n) is 2.26. The Kier molecular flexibility index (Phi) is 7.47. The highest BCUT2D eigenvalue weighted by atomic mass is 32.2. The van der Waals surface area contributed by atoms with Gasteiger partial charge in [0.1, 0.15) is 4.32 Å². The second-order valence-electron chi connectivity index (χ2n) is 5.44. The van der Waals surface area contributed by atoms with Gasteiger partial charge in [-0.25, -0.2) is 0 Å². The number of carbonyl (C=O) groups is 2. The minimum absolute atomic E-state index is 0.0122. The van der Waals surface area contributed by atoms with Crippen LogP contribution in [0.25, 0.3) is 6.08 Å². The van der Waals surface area contributed by atoms with Gasteiger partial charge in [-0.3, -0.25) is 9.69 Å². The smallest absolute Gasteiger partial charge is 0.266 e. The molecule has 0 atom stereocenters. The maximum Gasteiger partial charge on any atom is 0.266 e. The van der Waals surface area contributed by atoms with Gasteiger partial charge in [-0.1, -0.05) is 37.0 Å². The van der Waals surface area contributed by atoms with Crippen molar-refractivity contribution < 1.29 is 24.2 Å². The van der Waals surface area contributed by atoms with Gasteiger partial charge in [-0.05, 0) is 37.1 Å². The van der Waals surface area contributed by atoms with E-state index in [1.165, 1.54) is 4.90 Å². The zero-order valence-corrected chi connectivity index (χ0v) is 16.3. The van der Waals surface area contributed by atoms with E-state index in [1.807, 2.05) is 32.0 Å². The van der Waals surface area contributed by atoms with Crippen molar-refractivity contribution in [1.82, 2.24) is 4.90 Å². The van der Waals surface area contributed by atoms with E-state index in [-0.39, 0.29) is 18.9 Å². The van der Waals surface area contributed by atoms with Gasteiger partial charge in [0, 0.05) is 18.9 Å². The third kappa shape index (κ3) is 5.22. The third-order valence-electron chi connectivity index (χ3n) is 3.44. The highest BCUT2D eigenvalue weighted by molar-refractivity contribution is 8.26. The molecule has 1 saturated heterocycles. The fourth-order valence-corrected chi connectivity index (χ4v) is 3.57. The molecule has 0 aliphatic carbocycles. The predicted octanol–water partition coefficient (Wildman–Crippen LogP) is 2.22. The second kappa shape index (κ2) is 9.59. The zero-order chi connectivity index (χ0) is 19.1. The Hall–Kier alpha value is -2.06. The van der Waals surface area contributed by atoms with Crippen molar-refractivity contribution in [2.45, 2.75) is 26.7 Å². The quantitative estimate of drug-likeness (QED) is 0.469. The number of carbonyl (C=O) groups excluding carboxylic acids is 2. The number of carboxylic acids is 1. The molecule has 0 spiro atoms. The van der Waals surface area contributed by atoms with Crippen LogP contribution in [0.15, 0.2) is 23.1 Å². The Labute approximate surface area is 162 Å². The number of benzene rings is 1. The number of hydrogen-bond acceptors (Lipinski definition) is 7. The number of ether oxygens (including phenoxy) is 2. The zero-order valence-electron chi connectivity index (χ0n) is 14.6. The number of thiocarbonyl (C=S) groups is 1. The molecule has 0 aromatic heterocycles. The Morgan fingerprint density at radius 2 is 2.08 bits per heavy atom. The van der Waals surface area contributed by atoms with E-state index in [0.29, 0.717) is 33.9 Å². The summed E-state index contributed by atoms with van der Waals surface area (Å²) in [5.41, 5.74) is 0.776. The van der Waals surface area contributed by atoms with Crippen molar-refractivity contribution >= 4 is 46.3 Å². The standard InChI is InChI=1S/C18H21NO5S2/c1-3-9-24-13-6-5-12(10-14(13)23-4-2)11-15-17(22)19(18(25)26-15)8-7-16(20)21/h5-6,10-11H,3-4,7-9H2,1-2H3,(H,20,21)/p-1/b15-11+. The van der Waals surface area contributed by atoms with Crippen LogP contribution in [-0.4, -0.2) is 40.9 Å². The molecule has 0 N–H and O–H groups in total. The van der Waals surface area contributed by atoms with Gasteiger partial charge in [0.25, 0.3) is 5.91 Å². The minimum Gasteiger partial charge on any atom is -0.550 e. The molecule has 2 rings (SSSR count). The lowest BCUT2D eigenvalue weighted by molar-refractivity contribution is -0.305. The molecular weight excluding hydrogens is 374 g/mol. The Bertz CT molecular complexity index is 732. The Balaban J connectivity index is 2.20. The molecule has 8 heteroatoms. The number of rotatable bonds is 9. The summed E-state index contributed by atoms with van der Waals surface area (Å²) in [6, 6.07) is 5.45. The molecule has 26 heavy (non-hydrogen) atoms. The average molecular weight is 394 g/mol. The first kappa shape index (κ1) is 20.3. The number of nitrogens with zero attached hydrogens (tertiary/aromatic N) is 1. The summed E-state index contributed by atoms with van der Waals surface area (Å²) in [6.45, 7) is 5.02. The van der Waals surface area contributed by atoms with E-state index >= 15 is 0 Å². The number of thioether (sulfide) groups is 1. The fraction of sp³-hybridized carbons (Fsp3) is 0.389. The van der Waals surface area contributed by atoms with Crippen LogP contribution < -0.4 is 14.6 Å². The van der Waals surface area contributed by atoms with Crippen LogP contribution in [0, 0.1) is 0 Å². The van der Waals surface area contributed by atoms with Gasteiger partial charge in [0.15, 0.2) is 11.5 Å². The van der Waals surface area contributed by atoms with Gasteiger partial charge in [0.2, 0.25) is 0 Å². The van der Waals surface area contributed by atoms with E-state index in [4.69, 9.17) is 21.7 Å². The van der Waals surface area contributed by atoms with Crippen LogP contribution in [0.4, 0.5) is 0 Å². The molecule has 1 aliphatic rings.